The van der Waals surface area contributed by atoms with Crippen LogP contribution in [-0.4, -0.2) is 61.1 Å². The maximum absolute atomic E-state index is 11.4. The number of amides is 1. The molecule has 0 saturated carbocycles. The van der Waals surface area contributed by atoms with Gasteiger partial charge in [-0.25, -0.2) is 9.98 Å². The predicted octanol–water partition coefficient (Wildman–Crippen LogP) is 2.52. The van der Waals surface area contributed by atoms with E-state index >= 15 is 0 Å². The topological polar surface area (TPSA) is 96.1 Å². The van der Waals surface area contributed by atoms with Gasteiger partial charge < -0.3 is 20.7 Å². The standard InChI is InChI=1S/C20H23ClN6O2S/c1-13-3-2-4-15(21)18(13)27-12-24-14(11-26-5-7-29-8-6-26)9-17(27)25-20-23-10-16(30-20)19(22)28/h2-4,9-10,24H,5-8,11-12H2,1H3,(H2,22,28). The van der Waals surface area contributed by atoms with Gasteiger partial charge in [-0.2, -0.15) is 0 Å². The number of halogens is 1. The van der Waals surface area contributed by atoms with Crippen molar-refractivity contribution in [3.05, 3.63) is 51.6 Å². The van der Waals surface area contributed by atoms with E-state index in [2.05, 4.69) is 15.2 Å². The molecule has 0 unspecified atom stereocenters. The number of hydrogen-bond acceptors (Lipinski definition) is 7. The van der Waals surface area contributed by atoms with Crippen LogP contribution in [0.5, 0.6) is 0 Å². The number of hydrogen-bond donors (Lipinski definition) is 2. The van der Waals surface area contributed by atoms with Crippen LogP contribution in [0.2, 0.25) is 5.02 Å². The lowest BCUT2D eigenvalue weighted by Gasteiger charge is -2.34. The summed E-state index contributed by atoms with van der Waals surface area (Å²) < 4.78 is 5.44. The number of amidine groups is 1. The molecule has 0 radical (unpaired) electrons. The molecule has 0 atom stereocenters. The zero-order valence-corrected chi connectivity index (χ0v) is 18.2. The summed E-state index contributed by atoms with van der Waals surface area (Å²) in [6.45, 7) is 6.60. The Bertz CT molecular complexity index is 979. The molecule has 158 valence electrons. The number of carbonyl (C=O) groups is 1. The Labute approximate surface area is 184 Å². The zero-order valence-electron chi connectivity index (χ0n) is 16.6. The number of morpholine rings is 1. The average Bonchev–Trinajstić information content (AvgIpc) is 3.19. The molecule has 1 amide bonds. The number of carbonyl (C=O) groups excluding carboxylic acids is 1. The zero-order chi connectivity index (χ0) is 21.1. The molecule has 2 aliphatic heterocycles. The van der Waals surface area contributed by atoms with Gasteiger partial charge in [-0.15, -0.1) is 0 Å². The number of nitrogens with two attached hydrogens (primary N) is 1. The van der Waals surface area contributed by atoms with Gasteiger partial charge in [-0.3, -0.25) is 9.69 Å². The fourth-order valence-electron chi connectivity index (χ4n) is 3.43. The molecule has 2 aromatic rings. The highest BCUT2D eigenvalue weighted by Gasteiger charge is 2.24. The fourth-order valence-corrected chi connectivity index (χ4v) is 4.40. The summed E-state index contributed by atoms with van der Waals surface area (Å²) in [4.78, 5) is 25.1. The molecule has 1 saturated heterocycles. The molecule has 1 aromatic carbocycles. The van der Waals surface area contributed by atoms with Crippen molar-refractivity contribution >= 4 is 45.5 Å². The third-order valence-corrected chi connectivity index (χ3v) is 6.16. The molecule has 0 aliphatic carbocycles. The number of nitrogens with one attached hydrogen (secondary N) is 1. The first-order chi connectivity index (χ1) is 14.5. The SMILES string of the molecule is Cc1cccc(Cl)c1N1CNC(CN2CCOCC2)=CC1=Nc1ncc(C(N)=O)s1. The Balaban J connectivity index is 1.69. The predicted molar refractivity (Wildman–Crippen MR) is 120 cm³/mol. The Kier molecular flexibility index (Phi) is 6.33. The molecular weight excluding hydrogens is 424 g/mol. The third-order valence-electron chi connectivity index (χ3n) is 4.95. The Hall–Kier alpha value is -2.46. The fraction of sp³-hybridized carbons (Fsp3) is 0.350. The second-order valence-electron chi connectivity index (χ2n) is 7.07. The maximum atomic E-state index is 11.4. The van der Waals surface area contributed by atoms with Crippen molar-refractivity contribution in [1.29, 1.82) is 0 Å². The number of anilines is 1. The summed E-state index contributed by atoms with van der Waals surface area (Å²) in [6.07, 6.45) is 3.46. The molecule has 1 aromatic heterocycles. The van der Waals surface area contributed by atoms with Crippen molar-refractivity contribution < 1.29 is 9.53 Å². The number of thiazole rings is 1. The van der Waals surface area contributed by atoms with Crippen LogP contribution < -0.4 is 16.0 Å². The van der Waals surface area contributed by atoms with Crippen LogP contribution in [0.1, 0.15) is 15.2 Å². The van der Waals surface area contributed by atoms with Crippen LogP contribution in [0.4, 0.5) is 10.8 Å². The van der Waals surface area contributed by atoms with Crippen LogP contribution in [0, 0.1) is 6.92 Å². The normalized spacial score (nSPS) is 18.9. The Morgan fingerprint density at radius 3 is 2.90 bits per heavy atom. The molecule has 0 spiro atoms. The van der Waals surface area contributed by atoms with Gasteiger partial charge in [0, 0.05) is 31.4 Å². The summed E-state index contributed by atoms with van der Waals surface area (Å²) in [5.41, 5.74) is 8.35. The summed E-state index contributed by atoms with van der Waals surface area (Å²) in [5, 5.41) is 4.60. The van der Waals surface area contributed by atoms with Crippen molar-refractivity contribution in [2.45, 2.75) is 6.92 Å². The highest BCUT2D eigenvalue weighted by molar-refractivity contribution is 7.17. The van der Waals surface area contributed by atoms with Crippen molar-refractivity contribution in [1.82, 2.24) is 15.2 Å². The van der Waals surface area contributed by atoms with Gasteiger partial charge in [0.2, 0.25) is 5.13 Å². The number of para-hydroxylation sites is 1. The van der Waals surface area contributed by atoms with E-state index in [0.29, 0.717) is 27.5 Å². The lowest BCUT2D eigenvalue weighted by Crippen LogP contribution is -2.47. The van der Waals surface area contributed by atoms with Crippen molar-refractivity contribution in [3.63, 3.8) is 0 Å². The van der Waals surface area contributed by atoms with Crippen LogP contribution in [0.3, 0.4) is 0 Å². The number of aryl methyl sites for hydroxylation is 1. The second kappa shape index (κ2) is 9.13. The lowest BCUT2D eigenvalue weighted by molar-refractivity contribution is 0.0416. The Morgan fingerprint density at radius 1 is 1.40 bits per heavy atom. The van der Waals surface area contributed by atoms with E-state index in [1.54, 1.807) is 0 Å². The quantitative estimate of drug-likeness (QED) is 0.732. The van der Waals surface area contributed by atoms with E-state index in [4.69, 9.17) is 27.1 Å². The molecule has 3 heterocycles. The van der Waals surface area contributed by atoms with E-state index in [1.807, 2.05) is 36.1 Å². The number of primary amides is 1. The summed E-state index contributed by atoms with van der Waals surface area (Å²) in [5.74, 6) is 0.199. The van der Waals surface area contributed by atoms with Crippen molar-refractivity contribution in [2.75, 3.05) is 44.4 Å². The summed E-state index contributed by atoms with van der Waals surface area (Å²) in [6, 6.07) is 5.80. The van der Waals surface area contributed by atoms with E-state index in [0.717, 1.165) is 49.8 Å². The first kappa shape index (κ1) is 20.8. The minimum atomic E-state index is -0.508. The molecule has 2 aliphatic rings. The van der Waals surface area contributed by atoms with Gasteiger partial charge in [-0.1, -0.05) is 35.1 Å². The van der Waals surface area contributed by atoms with Crippen LogP contribution in [0.25, 0.3) is 0 Å². The maximum Gasteiger partial charge on any atom is 0.260 e. The van der Waals surface area contributed by atoms with E-state index in [1.165, 1.54) is 17.5 Å². The largest absolute Gasteiger partial charge is 0.379 e. The monoisotopic (exact) mass is 446 g/mol. The van der Waals surface area contributed by atoms with Gasteiger partial charge in [0.25, 0.3) is 5.91 Å². The highest BCUT2D eigenvalue weighted by Crippen LogP contribution is 2.32. The third kappa shape index (κ3) is 4.65. The van der Waals surface area contributed by atoms with Gasteiger partial charge in [-0.05, 0) is 18.6 Å². The highest BCUT2D eigenvalue weighted by atomic mass is 35.5. The van der Waals surface area contributed by atoms with Crippen molar-refractivity contribution in [3.8, 4) is 0 Å². The minimum absolute atomic E-state index is 0.376. The van der Waals surface area contributed by atoms with Gasteiger partial charge in [0.15, 0.2) is 0 Å². The summed E-state index contributed by atoms with van der Waals surface area (Å²) >= 11 is 7.70. The van der Waals surface area contributed by atoms with E-state index in [-0.39, 0.29) is 0 Å². The smallest absolute Gasteiger partial charge is 0.260 e. The first-order valence-electron chi connectivity index (χ1n) is 9.63. The number of ether oxygens (including phenoxy) is 1. The molecule has 4 rings (SSSR count). The number of aliphatic imine (C=N–C) groups is 1. The Morgan fingerprint density at radius 2 is 2.20 bits per heavy atom. The molecule has 8 nitrogen and oxygen atoms in total. The first-order valence-corrected chi connectivity index (χ1v) is 10.8. The number of nitrogens with zero attached hydrogens (tertiary/aromatic N) is 4. The van der Waals surface area contributed by atoms with Crippen LogP contribution >= 0.6 is 22.9 Å². The number of rotatable bonds is 5. The molecule has 30 heavy (non-hydrogen) atoms. The van der Waals surface area contributed by atoms with Gasteiger partial charge >= 0.3 is 0 Å². The van der Waals surface area contributed by atoms with E-state index in [9.17, 15) is 4.79 Å². The minimum Gasteiger partial charge on any atom is -0.379 e. The molecule has 0 bridgehead atoms. The average molecular weight is 447 g/mol. The number of aromatic nitrogens is 1. The van der Waals surface area contributed by atoms with Gasteiger partial charge in [0.1, 0.15) is 10.7 Å². The van der Waals surface area contributed by atoms with Crippen molar-refractivity contribution in [2.24, 2.45) is 10.7 Å². The van der Waals surface area contributed by atoms with E-state index < -0.39 is 5.91 Å². The molecule has 10 heteroatoms. The van der Waals surface area contributed by atoms with Crippen LogP contribution in [-0.2, 0) is 4.74 Å². The molecule has 1 fully saturated rings. The lowest BCUT2D eigenvalue weighted by atomic mass is 10.1. The van der Waals surface area contributed by atoms with Crippen LogP contribution in [0.15, 0.2) is 41.2 Å². The molecule has 3 N–H and O–H groups in total. The van der Waals surface area contributed by atoms with Gasteiger partial charge in [0.05, 0.1) is 36.8 Å². The summed E-state index contributed by atoms with van der Waals surface area (Å²) in [7, 11) is 0. The second-order valence-corrected chi connectivity index (χ2v) is 8.48. The molecular formula is C20H23ClN6O2S. The number of benzene rings is 1.